The molecule has 6 heteroatoms. The standard InChI is InChI=1S/C10H19N3O2.ClH/c14-6-5-12-1-3-13(4-2-12)10(15)9-7-11-8-9;/h9,11,14H,1-8H2;1H. The van der Waals surface area contributed by atoms with Crippen molar-refractivity contribution in [3.8, 4) is 0 Å². The Kier molecular flexibility index (Phi) is 5.48. The van der Waals surface area contributed by atoms with Gasteiger partial charge >= 0.3 is 0 Å². The fourth-order valence-corrected chi connectivity index (χ4v) is 2.05. The van der Waals surface area contributed by atoms with Crippen LogP contribution in [0.2, 0.25) is 0 Å². The Morgan fingerprint density at radius 3 is 2.31 bits per heavy atom. The minimum atomic E-state index is 0. The fourth-order valence-electron chi connectivity index (χ4n) is 2.05. The van der Waals surface area contributed by atoms with Crippen molar-refractivity contribution in [2.24, 2.45) is 5.92 Å². The number of aliphatic hydroxyl groups is 1. The lowest BCUT2D eigenvalue weighted by Crippen LogP contribution is -2.56. The van der Waals surface area contributed by atoms with E-state index in [1.807, 2.05) is 4.90 Å². The van der Waals surface area contributed by atoms with E-state index in [0.717, 1.165) is 45.8 Å². The molecule has 0 radical (unpaired) electrons. The number of hydrogen-bond donors (Lipinski definition) is 2. The van der Waals surface area contributed by atoms with Gasteiger partial charge in [0.2, 0.25) is 5.91 Å². The van der Waals surface area contributed by atoms with Gasteiger partial charge in [-0.3, -0.25) is 9.69 Å². The molecule has 2 rings (SSSR count). The van der Waals surface area contributed by atoms with Gasteiger partial charge in [-0.2, -0.15) is 0 Å². The molecule has 0 spiro atoms. The number of amides is 1. The third-order valence-corrected chi connectivity index (χ3v) is 3.23. The molecule has 2 aliphatic heterocycles. The van der Waals surface area contributed by atoms with Gasteiger partial charge in [-0.05, 0) is 0 Å². The largest absolute Gasteiger partial charge is 0.395 e. The molecule has 0 aliphatic carbocycles. The second-order valence-electron chi connectivity index (χ2n) is 4.25. The van der Waals surface area contributed by atoms with E-state index in [2.05, 4.69) is 10.2 Å². The lowest BCUT2D eigenvalue weighted by Gasteiger charge is -2.38. The number of piperazine rings is 1. The first-order valence-corrected chi connectivity index (χ1v) is 5.64. The number of aliphatic hydroxyl groups excluding tert-OH is 1. The van der Waals surface area contributed by atoms with Crippen LogP contribution in [0.25, 0.3) is 0 Å². The number of carbonyl (C=O) groups excluding carboxylic acids is 1. The summed E-state index contributed by atoms with van der Waals surface area (Å²) in [6, 6.07) is 0. The third kappa shape index (κ3) is 3.07. The Bertz CT molecular complexity index is 228. The molecule has 0 saturated carbocycles. The molecular weight excluding hydrogens is 230 g/mol. The second kappa shape index (κ2) is 6.39. The first-order chi connectivity index (χ1) is 7.31. The van der Waals surface area contributed by atoms with E-state index in [1.165, 1.54) is 0 Å². The van der Waals surface area contributed by atoms with Gasteiger partial charge in [-0.1, -0.05) is 0 Å². The molecule has 0 aromatic carbocycles. The van der Waals surface area contributed by atoms with Crippen molar-refractivity contribution >= 4 is 18.3 Å². The maximum absolute atomic E-state index is 11.9. The van der Waals surface area contributed by atoms with E-state index in [4.69, 9.17) is 5.11 Å². The number of nitrogens with one attached hydrogen (secondary N) is 1. The van der Waals surface area contributed by atoms with Gasteiger partial charge in [-0.25, -0.2) is 0 Å². The SMILES string of the molecule is Cl.O=C(C1CNC1)N1CCN(CCO)CC1. The molecule has 0 unspecified atom stereocenters. The summed E-state index contributed by atoms with van der Waals surface area (Å²) in [7, 11) is 0. The van der Waals surface area contributed by atoms with E-state index in [9.17, 15) is 4.79 Å². The van der Waals surface area contributed by atoms with Gasteiger partial charge in [0.25, 0.3) is 0 Å². The summed E-state index contributed by atoms with van der Waals surface area (Å²) < 4.78 is 0. The molecule has 16 heavy (non-hydrogen) atoms. The third-order valence-electron chi connectivity index (χ3n) is 3.23. The van der Waals surface area contributed by atoms with Gasteiger partial charge in [0.1, 0.15) is 0 Å². The van der Waals surface area contributed by atoms with Crippen LogP contribution in [-0.4, -0.2) is 73.2 Å². The maximum Gasteiger partial charge on any atom is 0.228 e. The van der Waals surface area contributed by atoms with Crippen molar-refractivity contribution in [1.82, 2.24) is 15.1 Å². The first-order valence-electron chi connectivity index (χ1n) is 5.64. The Hall–Kier alpha value is -0.360. The number of hydrogen-bond acceptors (Lipinski definition) is 4. The topological polar surface area (TPSA) is 55.8 Å². The predicted molar refractivity (Wildman–Crippen MR) is 63.7 cm³/mol. The van der Waals surface area contributed by atoms with Crippen LogP contribution in [0.15, 0.2) is 0 Å². The van der Waals surface area contributed by atoms with Gasteiger partial charge in [-0.15, -0.1) is 12.4 Å². The highest BCUT2D eigenvalue weighted by Gasteiger charge is 2.30. The number of rotatable bonds is 3. The highest BCUT2D eigenvalue weighted by atomic mass is 35.5. The summed E-state index contributed by atoms with van der Waals surface area (Å²) in [5.74, 6) is 0.520. The van der Waals surface area contributed by atoms with Gasteiger partial charge in [0.15, 0.2) is 0 Å². The molecule has 5 nitrogen and oxygen atoms in total. The number of nitrogens with zero attached hydrogens (tertiary/aromatic N) is 2. The van der Waals surface area contributed by atoms with Gasteiger partial charge < -0.3 is 15.3 Å². The summed E-state index contributed by atoms with van der Waals surface area (Å²) in [6.07, 6.45) is 0. The molecule has 2 saturated heterocycles. The van der Waals surface area contributed by atoms with Crippen LogP contribution in [0.1, 0.15) is 0 Å². The van der Waals surface area contributed by atoms with Crippen LogP contribution in [0.4, 0.5) is 0 Å². The van der Waals surface area contributed by atoms with Gasteiger partial charge in [0.05, 0.1) is 12.5 Å². The smallest absolute Gasteiger partial charge is 0.228 e. The van der Waals surface area contributed by atoms with Crippen molar-refractivity contribution in [2.45, 2.75) is 0 Å². The van der Waals surface area contributed by atoms with E-state index in [1.54, 1.807) is 0 Å². The molecule has 0 aromatic heterocycles. The molecule has 0 atom stereocenters. The molecular formula is C10H20ClN3O2. The average Bonchev–Trinajstić information content (AvgIpc) is 2.16. The normalized spacial score (nSPS) is 22.4. The predicted octanol–water partition coefficient (Wildman–Crippen LogP) is -1.24. The Morgan fingerprint density at radius 1 is 1.25 bits per heavy atom. The molecule has 1 amide bonds. The van der Waals surface area contributed by atoms with E-state index < -0.39 is 0 Å². The number of carbonyl (C=O) groups is 1. The van der Waals surface area contributed by atoms with Crippen molar-refractivity contribution in [1.29, 1.82) is 0 Å². The number of β-amino-alcohol motifs (C(OH)–C–C–N with tert-alkyl or cyclic N) is 1. The Morgan fingerprint density at radius 2 is 1.88 bits per heavy atom. The van der Waals surface area contributed by atoms with E-state index in [0.29, 0.717) is 5.91 Å². The monoisotopic (exact) mass is 249 g/mol. The molecule has 2 N–H and O–H groups in total. The molecule has 2 heterocycles. The molecule has 2 fully saturated rings. The van der Waals surface area contributed by atoms with Crippen molar-refractivity contribution < 1.29 is 9.90 Å². The summed E-state index contributed by atoms with van der Waals surface area (Å²) in [5, 5.41) is 11.9. The van der Waals surface area contributed by atoms with E-state index in [-0.39, 0.29) is 24.9 Å². The van der Waals surface area contributed by atoms with Crippen molar-refractivity contribution in [3.63, 3.8) is 0 Å². The minimum absolute atomic E-state index is 0. The van der Waals surface area contributed by atoms with E-state index >= 15 is 0 Å². The van der Waals surface area contributed by atoms with Crippen LogP contribution in [-0.2, 0) is 4.79 Å². The van der Waals surface area contributed by atoms with Crippen molar-refractivity contribution in [3.05, 3.63) is 0 Å². The van der Waals surface area contributed by atoms with Crippen LogP contribution in [0.5, 0.6) is 0 Å². The number of halogens is 1. The van der Waals surface area contributed by atoms with Crippen LogP contribution >= 0.6 is 12.4 Å². The summed E-state index contributed by atoms with van der Waals surface area (Å²) in [6.45, 7) is 6.04. The zero-order chi connectivity index (χ0) is 10.7. The highest BCUT2D eigenvalue weighted by molar-refractivity contribution is 5.85. The van der Waals surface area contributed by atoms with Crippen LogP contribution < -0.4 is 5.32 Å². The summed E-state index contributed by atoms with van der Waals surface area (Å²) in [4.78, 5) is 16.0. The van der Waals surface area contributed by atoms with Crippen LogP contribution in [0.3, 0.4) is 0 Å². The molecule has 2 aliphatic rings. The second-order valence-corrected chi connectivity index (χ2v) is 4.25. The lowest BCUT2D eigenvalue weighted by atomic mass is 10.0. The lowest BCUT2D eigenvalue weighted by molar-refractivity contribution is -0.138. The summed E-state index contributed by atoms with van der Waals surface area (Å²) >= 11 is 0. The fraction of sp³-hybridized carbons (Fsp3) is 0.900. The molecule has 0 bridgehead atoms. The first kappa shape index (κ1) is 13.7. The molecule has 94 valence electrons. The Labute approximate surface area is 102 Å². The molecule has 0 aromatic rings. The zero-order valence-corrected chi connectivity index (χ0v) is 10.2. The quantitative estimate of drug-likeness (QED) is 0.657. The average molecular weight is 250 g/mol. The van der Waals surface area contributed by atoms with Crippen LogP contribution in [0, 0.1) is 5.92 Å². The zero-order valence-electron chi connectivity index (χ0n) is 9.39. The van der Waals surface area contributed by atoms with Crippen molar-refractivity contribution in [2.75, 3.05) is 52.4 Å². The minimum Gasteiger partial charge on any atom is -0.395 e. The summed E-state index contributed by atoms with van der Waals surface area (Å²) in [5.41, 5.74) is 0. The Balaban J connectivity index is 0.00000128. The highest BCUT2D eigenvalue weighted by Crippen LogP contribution is 2.10. The maximum atomic E-state index is 11.9. The van der Waals surface area contributed by atoms with Gasteiger partial charge in [0, 0.05) is 45.8 Å².